The van der Waals surface area contributed by atoms with Crippen LogP contribution in [0.2, 0.25) is 0 Å². The topological polar surface area (TPSA) is 87.3 Å². The zero-order valence-corrected chi connectivity index (χ0v) is 19.5. The molecule has 1 N–H and O–H groups in total. The average molecular weight is 463 g/mol. The number of aliphatic imine (C=N–C) groups is 1. The number of amides is 1. The Kier molecular flexibility index (Phi) is 7.24. The van der Waals surface area contributed by atoms with Crippen LogP contribution in [0.5, 0.6) is 11.5 Å². The Morgan fingerprint density at radius 1 is 1.09 bits per heavy atom. The third kappa shape index (κ3) is 5.34. The van der Waals surface area contributed by atoms with E-state index in [0.29, 0.717) is 29.9 Å². The molecule has 0 saturated heterocycles. The number of thioether (sulfide) groups is 1. The van der Waals surface area contributed by atoms with Crippen LogP contribution in [0.4, 0.5) is 0 Å². The number of amidine groups is 2. The van der Waals surface area contributed by atoms with Crippen molar-refractivity contribution in [2.45, 2.75) is 39.7 Å². The SMILES string of the molecule is CCCCC1=NN2C(=N)/C(=C\c3ccc(OCc4ccccc4)c(OCC)c3)C(=O)N=C2S1. The van der Waals surface area contributed by atoms with Gasteiger partial charge in [-0.2, -0.15) is 15.1 Å². The Bertz CT molecular complexity index is 1140. The summed E-state index contributed by atoms with van der Waals surface area (Å²) >= 11 is 1.37. The summed E-state index contributed by atoms with van der Waals surface area (Å²) in [5, 5.41) is 15.8. The van der Waals surface area contributed by atoms with Gasteiger partial charge in [-0.15, -0.1) is 0 Å². The number of hydrogen-bond donors (Lipinski definition) is 1. The number of hydrazone groups is 1. The molecule has 0 saturated carbocycles. The lowest BCUT2D eigenvalue weighted by Crippen LogP contribution is -2.35. The Labute approximate surface area is 197 Å². The van der Waals surface area contributed by atoms with Crippen molar-refractivity contribution in [1.29, 1.82) is 5.41 Å². The number of hydrogen-bond acceptors (Lipinski definition) is 6. The Morgan fingerprint density at radius 3 is 2.67 bits per heavy atom. The largest absolute Gasteiger partial charge is 0.490 e. The van der Waals surface area contributed by atoms with Crippen LogP contribution in [0.3, 0.4) is 0 Å². The van der Waals surface area contributed by atoms with Crippen LogP contribution < -0.4 is 9.47 Å². The summed E-state index contributed by atoms with van der Waals surface area (Å²) in [4.78, 5) is 16.8. The number of rotatable bonds is 9. The minimum atomic E-state index is -0.437. The van der Waals surface area contributed by atoms with Gasteiger partial charge in [-0.3, -0.25) is 10.2 Å². The maximum atomic E-state index is 12.7. The summed E-state index contributed by atoms with van der Waals surface area (Å²) in [5.74, 6) is 0.798. The smallest absolute Gasteiger partial charge is 0.283 e. The molecule has 2 aromatic carbocycles. The van der Waals surface area contributed by atoms with Gasteiger partial charge in [-0.25, -0.2) is 0 Å². The maximum Gasteiger partial charge on any atom is 0.283 e. The molecule has 0 radical (unpaired) electrons. The summed E-state index contributed by atoms with van der Waals surface area (Å²) < 4.78 is 11.7. The van der Waals surface area contributed by atoms with E-state index in [-0.39, 0.29) is 11.4 Å². The van der Waals surface area contributed by atoms with Gasteiger partial charge in [-0.05, 0) is 60.9 Å². The van der Waals surface area contributed by atoms with Crippen molar-refractivity contribution in [2.24, 2.45) is 10.1 Å². The number of ether oxygens (including phenoxy) is 2. The second-order valence-electron chi connectivity index (χ2n) is 7.53. The average Bonchev–Trinajstić information content (AvgIpc) is 3.23. The Balaban J connectivity index is 1.55. The van der Waals surface area contributed by atoms with Crippen LogP contribution in [0, 0.1) is 5.41 Å². The lowest BCUT2D eigenvalue weighted by molar-refractivity contribution is -0.114. The van der Waals surface area contributed by atoms with Crippen molar-refractivity contribution in [3.63, 3.8) is 0 Å². The number of nitrogens with one attached hydrogen (secondary N) is 1. The van der Waals surface area contributed by atoms with Crippen molar-refractivity contribution in [1.82, 2.24) is 5.01 Å². The van der Waals surface area contributed by atoms with Gasteiger partial charge < -0.3 is 9.47 Å². The van der Waals surface area contributed by atoms with Gasteiger partial charge in [0.1, 0.15) is 11.7 Å². The highest BCUT2D eigenvalue weighted by molar-refractivity contribution is 8.26. The molecule has 170 valence electrons. The minimum Gasteiger partial charge on any atom is -0.490 e. The van der Waals surface area contributed by atoms with Gasteiger partial charge in [0.25, 0.3) is 5.91 Å². The van der Waals surface area contributed by atoms with Crippen molar-refractivity contribution in [3.8, 4) is 11.5 Å². The van der Waals surface area contributed by atoms with Gasteiger partial charge in [-0.1, -0.05) is 49.7 Å². The van der Waals surface area contributed by atoms with Crippen molar-refractivity contribution >= 4 is 39.8 Å². The normalized spacial score (nSPS) is 16.5. The quantitative estimate of drug-likeness (QED) is 0.499. The second kappa shape index (κ2) is 10.5. The summed E-state index contributed by atoms with van der Waals surface area (Å²) in [6.45, 7) is 4.92. The maximum absolute atomic E-state index is 12.7. The molecule has 0 spiro atoms. The lowest BCUT2D eigenvalue weighted by atomic mass is 10.1. The predicted octanol–water partition coefficient (Wildman–Crippen LogP) is 5.47. The van der Waals surface area contributed by atoms with Crippen LogP contribution >= 0.6 is 11.8 Å². The van der Waals surface area contributed by atoms with Crippen molar-refractivity contribution in [2.75, 3.05) is 6.61 Å². The van der Waals surface area contributed by atoms with E-state index in [1.807, 2.05) is 55.5 Å². The van der Waals surface area contributed by atoms with Crippen LogP contribution in [-0.4, -0.2) is 33.6 Å². The molecular formula is C25H26N4O3S. The number of benzene rings is 2. The zero-order valence-electron chi connectivity index (χ0n) is 18.7. The molecule has 7 nitrogen and oxygen atoms in total. The van der Waals surface area contributed by atoms with E-state index < -0.39 is 5.91 Å². The fourth-order valence-corrected chi connectivity index (χ4v) is 4.29. The van der Waals surface area contributed by atoms with E-state index in [0.717, 1.165) is 35.4 Å². The lowest BCUT2D eigenvalue weighted by Gasteiger charge is -2.20. The second-order valence-corrected chi connectivity index (χ2v) is 8.57. The predicted molar refractivity (Wildman–Crippen MR) is 133 cm³/mol. The molecule has 2 heterocycles. The molecule has 0 aromatic heterocycles. The van der Waals surface area contributed by atoms with Gasteiger partial charge in [0.15, 0.2) is 17.3 Å². The van der Waals surface area contributed by atoms with E-state index >= 15 is 0 Å². The molecule has 0 unspecified atom stereocenters. The Hall–Kier alpha value is -3.39. The molecule has 0 fully saturated rings. The molecule has 8 heteroatoms. The van der Waals surface area contributed by atoms with Gasteiger partial charge >= 0.3 is 0 Å². The van der Waals surface area contributed by atoms with Gasteiger partial charge in [0.05, 0.1) is 12.2 Å². The highest BCUT2D eigenvalue weighted by Gasteiger charge is 2.35. The Morgan fingerprint density at radius 2 is 1.91 bits per heavy atom. The van der Waals surface area contributed by atoms with Crippen molar-refractivity contribution in [3.05, 3.63) is 65.2 Å². The molecule has 1 amide bonds. The third-order valence-corrected chi connectivity index (χ3v) is 6.02. The molecule has 0 aliphatic carbocycles. The van der Waals surface area contributed by atoms with E-state index in [1.54, 1.807) is 6.08 Å². The fourth-order valence-electron chi connectivity index (χ4n) is 3.36. The number of fused-ring (bicyclic) bond motifs is 1. The third-order valence-electron chi connectivity index (χ3n) is 5.06. The zero-order chi connectivity index (χ0) is 23.2. The summed E-state index contributed by atoms with van der Waals surface area (Å²) in [6.07, 6.45) is 4.54. The molecule has 33 heavy (non-hydrogen) atoms. The van der Waals surface area contributed by atoms with E-state index in [1.165, 1.54) is 16.8 Å². The molecule has 2 aliphatic heterocycles. The summed E-state index contributed by atoms with van der Waals surface area (Å²) in [5.41, 5.74) is 1.97. The standard InChI is InChI=1S/C25H26N4O3S/c1-3-5-11-22-28-29-23(26)19(24(30)27-25(29)33-22)14-18-12-13-20(21(15-18)31-4-2)32-16-17-9-7-6-8-10-17/h6-10,12-15,26H,3-5,11,16H2,1-2H3/b19-14+,26-23?. The van der Waals surface area contributed by atoms with E-state index in [4.69, 9.17) is 14.9 Å². The first-order valence-corrected chi connectivity index (χ1v) is 11.8. The number of unbranched alkanes of at least 4 members (excludes halogenated alkanes) is 1. The number of carbonyl (C=O) groups is 1. The van der Waals surface area contributed by atoms with Crippen molar-refractivity contribution < 1.29 is 14.3 Å². The van der Waals surface area contributed by atoms with E-state index in [2.05, 4.69) is 17.0 Å². The summed E-state index contributed by atoms with van der Waals surface area (Å²) in [6, 6.07) is 15.4. The van der Waals surface area contributed by atoms with Gasteiger partial charge in [0, 0.05) is 0 Å². The fraction of sp³-hybridized carbons (Fsp3) is 0.280. The molecular weight excluding hydrogens is 436 g/mol. The first-order valence-electron chi connectivity index (χ1n) is 11.0. The van der Waals surface area contributed by atoms with Crippen LogP contribution in [-0.2, 0) is 11.4 Å². The summed E-state index contributed by atoms with van der Waals surface area (Å²) in [7, 11) is 0. The highest BCUT2D eigenvalue weighted by Crippen LogP contribution is 2.33. The highest BCUT2D eigenvalue weighted by atomic mass is 32.2. The van der Waals surface area contributed by atoms with Crippen LogP contribution in [0.15, 0.2) is 64.2 Å². The first-order chi connectivity index (χ1) is 16.1. The number of carbonyl (C=O) groups excluding carboxylic acids is 1. The molecule has 0 bridgehead atoms. The van der Waals surface area contributed by atoms with Crippen LogP contribution in [0.25, 0.3) is 6.08 Å². The molecule has 2 aliphatic rings. The minimum absolute atomic E-state index is 0.0337. The van der Waals surface area contributed by atoms with Gasteiger partial charge in [0.2, 0.25) is 5.17 Å². The van der Waals surface area contributed by atoms with Crippen LogP contribution in [0.1, 0.15) is 44.2 Å². The van der Waals surface area contributed by atoms with E-state index in [9.17, 15) is 4.79 Å². The first kappa shape index (κ1) is 22.8. The molecule has 4 rings (SSSR count). The monoisotopic (exact) mass is 462 g/mol. The molecule has 2 aromatic rings. The molecule has 0 atom stereocenters. The number of nitrogens with zero attached hydrogens (tertiary/aromatic N) is 3.